The summed E-state index contributed by atoms with van der Waals surface area (Å²) in [6.07, 6.45) is 1.64. The third-order valence-corrected chi connectivity index (χ3v) is 3.32. The van der Waals surface area contributed by atoms with Gasteiger partial charge < -0.3 is 10.1 Å². The molecule has 0 bridgehead atoms. The molecule has 0 atom stereocenters. The Morgan fingerprint density at radius 1 is 1.00 bits per heavy atom. The van der Waals surface area contributed by atoms with E-state index < -0.39 is 6.03 Å². The number of ether oxygens (including phenoxy) is 1. The summed E-state index contributed by atoms with van der Waals surface area (Å²) >= 11 is 0. The maximum absolute atomic E-state index is 12.4. The average molecular weight is 294 g/mol. The smallest absolute Gasteiger partial charge is 0.333 e. The third-order valence-electron chi connectivity index (χ3n) is 3.32. The first-order valence-electron chi connectivity index (χ1n) is 6.75. The Morgan fingerprint density at radius 3 is 2.32 bits per heavy atom. The van der Waals surface area contributed by atoms with Crippen molar-refractivity contribution in [1.82, 2.24) is 5.32 Å². The normalized spacial score (nSPS) is 16.0. The van der Waals surface area contributed by atoms with Gasteiger partial charge in [-0.15, -0.1) is 0 Å². The average Bonchev–Trinajstić information content (AvgIpc) is 2.83. The molecule has 0 saturated carbocycles. The standard InChI is InChI=1S/C17H14N2O3/c1-22-14-9-7-12(8-10-14)11-15-16(20)19(17(21)18-15)13-5-3-2-4-6-13/h2-11H,1H3,(H,18,21)/b15-11-. The first-order valence-corrected chi connectivity index (χ1v) is 6.75. The van der Waals surface area contributed by atoms with Crippen molar-refractivity contribution in [3.63, 3.8) is 0 Å². The molecule has 0 aliphatic carbocycles. The largest absolute Gasteiger partial charge is 0.497 e. The number of hydrogen-bond donors (Lipinski definition) is 1. The molecule has 2 aromatic rings. The van der Waals surface area contributed by atoms with E-state index in [0.717, 1.165) is 16.2 Å². The fourth-order valence-electron chi connectivity index (χ4n) is 2.21. The van der Waals surface area contributed by atoms with Crippen LogP contribution in [0, 0.1) is 0 Å². The lowest BCUT2D eigenvalue weighted by Gasteiger charge is -2.10. The molecule has 0 radical (unpaired) electrons. The minimum absolute atomic E-state index is 0.249. The van der Waals surface area contributed by atoms with Crippen molar-refractivity contribution in [3.05, 3.63) is 65.9 Å². The van der Waals surface area contributed by atoms with E-state index in [2.05, 4.69) is 5.32 Å². The zero-order valence-corrected chi connectivity index (χ0v) is 11.9. The van der Waals surface area contributed by atoms with E-state index in [-0.39, 0.29) is 11.6 Å². The maximum Gasteiger partial charge on any atom is 0.333 e. The number of benzene rings is 2. The highest BCUT2D eigenvalue weighted by atomic mass is 16.5. The Hall–Kier alpha value is -3.08. The zero-order valence-electron chi connectivity index (χ0n) is 11.9. The SMILES string of the molecule is COc1ccc(/C=C2\NC(=O)N(c3ccccc3)C2=O)cc1. The van der Waals surface area contributed by atoms with Crippen LogP contribution in [0.5, 0.6) is 5.75 Å². The predicted octanol–water partition coefficient (Wildman–Crippen LogP) is 2.79. The molecular formula is C17H14N2O3. The topological polar surface area (TPSA) is 58.6 Å². The van der Waals surface area contributed by atoms with Crippen LogP contribution in [0.25, 0.3) is 6.08 Å². The quantitative estimate of drug-likeness (QED) is 0.699. The second kappa shape index (κ2) is 5.73. The molecular weight excluding hydrogens is 280 g/mol. The van der Waals surface area contributed by atoms with Crippen molar-refractivity contribution < 1.29 is 14.3 Å². The summed E-state index contributed by atoms with van der Waals surface area (Å²) in [5.41, 5.74) is 1.60. The zero-order chi connectivity index (χ0) is 15.5. The van der Waals surface area contributed by atoms with Crippen molar-refractivity contribution >= 4 is 23.7 Å². The molecule has 110 valence electrons. The molecule has 1 aliphatic rings. The molecule has 1 fully saturated rings. The Morgan fingerprint density at radius 2 is 1.68 bits per heavy atom. The Kier molecular flexibility index (Phi) is 3.62. The van der Waals surface area contributed by atoms with Gasteiger partial charge in [-0.2, -0.15) is 0 Å². The summed E-state index contributed by atoms with van der Waals surface area (Å²) in [4.78, 5) is 25.5. The highest BCUT2D eigenvalue weighted by Gasteiger charge is 2.34. The fourth-order valence-corrected chi connectivity index (χ4v) is 2.21. The molecule has 3 amide bonds. The fraction of sp³-hybridized carbons (Fsp3) is 0.0588. The second-order valence-corrected chi connectivity index (χ2v) is 4.74. The van der Waals surface area contributed by atoms with Gasteiger partial charge in [0, 0.05) is 0 Å². The van der Waals surface area contributed by atoms with Gasteiger partial charge >= 0.3 is 6.03 Å². The number of carbonyl (C=O) groups excluding carboxylic acids is 2. The van der Waals surface area contributed by atoms with Crippen LogP contribution >= 0.6 is 0 Å². The summed E-state index contributed by atoms with van der Waals surface area (Å²) in [5, 5.41) is 2.60. The van der Waals surface area contributed by atoms with Crippen molar-refractivity contribution in [2.45, 2.75) is 0 Å². The molecule has 1 N–H and O–H groups in total. The van der Waals surface area contributed by atoms with Gasteiger partial charge in [0.15, 0.2) is 0 Å². The molecule has 22 heavy (non-hydrogen) atoms. The van der Waals surface area contributed by atoms with E-state index in [1.165, 1.54) is 0 Å². The van der Waals surface area contributed by atoms with E-state index in [9.17, 15) is 9.59 Å². The number of anilines is 1. The Balaban J connectivity index is 1.88. The number of imide groups is 1. The number of carbonyl (C=O) groups is 2. The van der Waals surface area contributed by atoms with Crippen LogP contribution in [0.2, 0.25) is 0 Å². The van der Waals surface area contributed by atoms with Crippen LogP contribution in [-0.2, 0) is 4.79 Å². The van der Waals surface area contributed by atoms with E-state index in [0.29, 0.717) is 5.69 Å². The molecule has 2 aromatic carbocycles. The van der Waals surface area contributed by atoms with Gasteiger partial charge in [0.05, 0.1) is 12.8 Å². The summed E-state index contributed by atoms with van der Waals surface area (Å²) in [5.74, 6) is 0.363. The Labute approximate surface area is 127 Å². The first kappa shape index (κ1) is 13.9. The molecule has 3 rings (SSSR count). The van der Waals surface area contributed by atoms with Crippen LogP contribution in [0.15, 0.2) is 60.3 Å². The van der Waals surface area contributed by atoms with Crippen LogP contribution < -0.4 is 15.0 Å². The van der Waals surface area contributed by atoms with E-state index in [1.807, 2.05) is 18.2 Å². The lowest BCUT2D eigenvalue weighted by atomic mass is 10.2. The van der Waals surface area contributed by atoms with Crippen LogP contribution in [0.3, 0.4) is 0 Å². The summed E-state index contributed by atoms with van der Waals surface area (Å²) in [7, 11) is 1.59. The van der Waals surface area contributed by atoms with E-state index >= 15 is 0 Å². The highest BCUT2D eigenvalue weighted by Crippen LogP contribution is 2.22. The van der Waals surface area contributed by atoms with Crippen molar-refractivity contribution in [1.29, 1.82) is 0 Å². The molecule has 0 spiro atoms. The second-order valence-electron chi connectivity index (χ2n) is 4.74. The van der Waals surface area contributed by atoms with Gasteiger partial charge in [0.25, 0.3) is 5.91 Å². The molecule has 1 heterocycles. The number of amides is 3. The molecule has 0 unspecified atom stereocenters. The minimum atomic E-state index is -0.448. The van der Waals surface area contributed by atoms with Crippen molar-refractivity contribution in [2.75, 3.05) is 12.0 Å². The monoisotopic (exact) mass is 294 g/mol. The highest BCUT2D eigenvalue weighted by molar-refractivity contribution is 6.28. The molecule has 1 saturated heterocycles. The van der Waals surface area contributed by atoms with Crippen molar-refractivity contribution in [3.8, 4) is 5.75 Å². The molecule has 0 aromatic heterocycles. The van der Waals surface area contributed by atoms with Crippen LogP contribution in [-0.4, -0.2) is 19.0 Å². The molecule has 5 heteroatoms. The summed E-state index contributed by atoms with van der Waals surface area (Å²) < 4.78 is 5.09. The lowest BCUT2D eigenvalue weighted by molar-refractivity contribution is -0.113. The number of nitrogens with one attached hydrogen (secondary N) is 1. The number of methoxy groups -OCH3 is 1. The number of nitrogens with zero attached hydrogens (tertiary/aromatic N) is 1. The summed E-state index contributed by atoms with van der Waals surface area (Å²) in [6.45, 7) is 0. The number of rotatable bonds is 3. The third kappa shape index (κ3) is 2.56. The van der Waals surface area contributed by atoms with Crippen molar-refractivity contribution in [2.24, 2.45) is 0 Å². The number of urea groups is 1. The minimum Gasteiger partial charge on any atom is -0.497 e. The van der Waals surface area contributed by atoms with Crippen LogP contribution in [0.1, 0.15) is 5.56 Å². The summed E-state index contributed by atoms with van der Waals surface area (Å²) in [6, 6.07) is 15.6. The van der Waals surface area contributed by atoms with E-state index in [1.54, 1.807) is 49.6 Å². The van der Waals surface area contributed by atoms with Gasteiger partial charge in [-0.3, -0.25) is 4.79 Å². The first-order chi connectivity index (χ1) is 10.7. The van der Waals surface area contributed by atoms with Gasteiger partial charge in [0.1, 0.15) is 11.4 Å². The Bertz CT molecular complexity index is 736. The molecule has 1 aliphatic heterocycles. The van der Waals surface area contributed by atoms with Gasteiger partial charge in [-0.1, -0.05) is 30.3 Å². The number of hydrogen-bond acceptors (Lipinski definition) is 3. The van der Waals surface area contributed by atoms with Gasteiger partial charge in [-0.05, 0) is 35.9 Å². The maximum atomic E-state index is 12.4. The van der Waals surface area contributed by atoms with E-state index in [4.69, 9.17) is 4.74 Å². The predicted molar refractivity (Wildman–Crippen MR) is 83.4 cm³/mol. The molecule has 5 nitrogen and oxygen atoms in total. The van der Waals surface area contributed by atoms with Crippen LogP contribution in [0.4, 0.5) is 10.5 Å². The number of para-hydroxylation sites is 1. The van der Waals surface area contributed by atoms with Gasteiger partial charge in [-0.25, -0.2) is 9.69 Å². The van der Waals surface area contributed by atoms with Gasteiger partial charge in [0.2, 0.25) is 0 Å². The lowest BCUT2D eigenvalue weighted by Crippen LogP contribution is -2.30.